The molecule has 1 saturated heterocycles. The molecule has 0 spiro atoms. The smallest absolute Gasteiger partial charge is 0.326 e. The molecule has 2 aliphatic rings. The number of carbonyl (C=O) groups excluding carboxylic acids is 1. The maximum atomic E-state index is 15.1. The number of nitrogens with zero attached hydrogens (tertiary/aromatic N) is 1. The van der Waals surface area contributed by atoms with Crippen molar-refractivity contribution in [1.82, 2.24) is 4.72 Å². The molecule has 0 unspecified atom stereocenters. The van der Waals surface area contributed by atoms with Crippen LogP contribution in [0.3, 0.4) is 0 Å². The Kier molecular flexibility index (Phi) is 4.14. The van der Waals surface area contributed by atoms with Crippen LogP contribution in [0.15, 0.2) is 24.3 Å². The third-order valence-corrected chi connectivity index (χ3v) is 6.51. The van der Waals surface area contributed by atoms with Gasteiger partial charge in [0.1, 0.15) is 23.7 Å². The fraction of sp³-hybridized carbons (Fsp3) is 0.389. The molecule has 1 saturated carbocycles. The number of phenols is 1. The van der Waals surface area contributed by atoms with E-state index < -0.39 is 39.9 Å². The van der Waals surface area contributed by atoms with Crippen LogP contribution in [-0.4, -0.2) is 32.6 Å². The molecular formula is C18H19FN2O5S. The second kappa shape index (κ2) is 6.26. The maximum absolute atomic E-state index is 15.1. The topological polar surface area (TPSA) is 95.9 Å². The Labute approximate surface area is 155 Å². The normalized spacial score (nSPS) is 23.5. The van der Waals surface area contributed by atoms with Crippen LogP contribution in [0.4, 0.5) is 10.1 Å². The monoisotopic (exact) mass is 394 g/mol. The molecular weight excluding hydrogens is 375 g/mol. The number of aromatic hydroxyl groups is 1. The number of anilines is 1. The van der Waals surface area contributed by atoms with E-state index in [1.54, 1.807) is 16.9 Å². The Morgan fingerprint density at radius 2 is 2.11 bits per heavy atom. The molecule has 7 nitrogen and oxygen atoms in total. The lowest BCUT2D eigenvalue weighted by atomic mass is 10.1. The van der Waals surface area contributed by atoms with Gasteiger partial charge in [-0.15, -0.1) is 0 Å². The summed E-state index contributed by atoms with van der Waals surface area (Å²) in [5.74, 6) is -0.612. The fourth-order valence-corrected chi connectivity index (χ4v) is 4.66. The molecule has 1 heterocycles. The van der Waals surface area contributed by atoms with Gasteiger partial charge in [0, 0.05) is 5.39 Å². The van der Waals surface area contributed by atoms with Gasteiger partial charge in [-0.25, -0.2) is 13.4 Å². The number of carbonyl (C=O) groups is 1. The highest BCUT2D eigenvalue weighted by molar-refractivity contribution is 7.92. The summed E-state index contributed by atoms with van der Waals surface area (Å²) in [7, 11) is -4.23. The number of ether oxygens (including phenoxy) is 1. The number of hydrogen-bond donors (Lipinski definition) is 2. The minimum absolute atomic E-state index is 0.109. The Balaban J connectivity index is 1.70. The van der Waals surface area contributed by atoms with Crippen molar-refractivity contribution in [2.24, 2.45) is 11.8 Å². The molecule has 9 heteroatoms. The van der Waals surface area contributed by atoms with E-state index in [0.29, 0.717) is 33.9 Å². The molecule has 1 amide bonds. The van der Waals surface area contributed by atoms with Crippen molar-refractivity contribution in [3.63, 3.8) is 0 Å². The van der Waals surface area contributed by atoms with Crippen molar-refractivity contribution < 1.29 is 27.4 Å². The van der Waals surface area contributed by atoms with Gasteiger partial charge in [0.2, 0.25) is 0 Å². The first-order chi connectivity index (χ1) is 12.8. The van der Waals surface area contributed by atoms with Gasteiger partial charge < -0.3 is 9.84 Å². The summed E-state index contributed by atoms with van der Waals surface area (Å²) in [6, 6.07) is 6.03. The molecule has 27 heavy (non-hydrogen) atoms. The Morgan fingerprint density at radius 1 is 1.33 bits per heavy atom. The average molecular weight is 394 g/mol. The molecule has 2 fully saturated rings. The minimum Gasteiger partial charge on any atom is -0.506 e. The van der Waals surface area contributed by atoms with E-state index in [2.05, 4.69) is 6.92 Å². The first kappa shape index (κ1) is 17.8. The van der Waals surface area contributed by atoms with Crippen LogP contribution in [0, 0.1) is 17.7 Å². The Hall–Kier alpha value is -2.55. The molecule has 1 aliphatic heterocycles. The summed E-state index contributed by atoms with van der Waals surface area (Å²) >= 11 is 0. The van der Waals surface area contributed by atoms with Crippen LogP contribution in [-0.2, 0) is 15.0 Å². The average Bonchev–Trinajstić information content (AvgIpc) is 3.31. The van der Waals surface area contributed by atoms with Gasteiger partial charge in [-0.3, -0.25) is 4.79 Å². The number of amides is 1. The van der Waals surface area contributed by atoms with Gasteiger partial charge in [-0.05, 0) is 41.8 Å². The quantitative estimate of drug-likeness (QED) is 0.811. The van der Waals surface area contributed by atoms with E-state index >= 15 is 4.39 Å². The fourth-order valence-electron chi connectivity index (χ4n) is 3.50. The van der Waals surface area contributed by atoms with Gasteiger partial charge >= 0.3 is 10.2 Å². The second-order valence-corrected chi connectivity index (χ2v) is 8.55. The summed E-state index contributed by atoms with van der Waals surface area (Å²) < 4.78 is 47.2. The highest BCUT2D eigenvalue weighted by Crippen LogP contribution is 2.42. The molecule has 0 bridgehead atoms. The van der Waals surface area contributed by atoms with Crippen molar-refractivity contribution in [2.75, 3.05) is 17.5 Å². The summed E-state index contributed by atoms with van der Waals surface area (Å²) in [5, 5.41) is 10.7. The van der Waals surface area contributed by atoms with E-state index in [9.17, 15) is 18.3 Å². The van der Waals surface area contributed by atoms with E-state index in [-0.39, 0.29) is 5.39 Å². The predicted molar refractivity (Wildman–Crippen MR) is 97.4 cm³/mol. The first-order valence-electron chi connectivity index (χ1n) is 8.71. The van der Waals surface area contributed by atoms with Crippen molar-refractivity contribution >= 4 is 32.6 Å². The van der Waals surface area contributed by atoms with Crippen molar-refractivity contribution in [3.8, 4) is 11.5 Å². The van der Waals surface area contributed by atoms with Crippen molar-refractivity contribution in [3.05, 3.63) is 30.1 Å². The molecule has 1 aliphatic carbocycles. The first-order valence-corrected chi connectivity index (χ1v) is 10.2. The van der Waals surface area contributed by atoms with Gasteiger partial charge in [0.05, 0.1) is 6.61 Å². The largest absolute Gasteiger partial charge is 0.506 e. The SMILES string of the molecule is CC[C@H]1C[C@@H]1COc1ccc2cc(O)c(N3CC(=O)NS3(=O)=O)c(F)c2c1. The number of benzene rings is 2. The molecule has 144 valence electrons. The van der Waals surface area contributed by atoms with Crippen LogP contribution in [0.25, 0.3) is 10.8 Å². The number of rotatable bonds is 5. The molecule has 0 radical (unpaired) electrons. The van der Waals surface area contributed by atoms with Gasteiger partial charge in [-0.2, -0.15) is 8.42 Å². The van der Waals surface area contributed by atoms with Crippen LogP contribution in [0.1, 0.15) is 19.8 Å². The summed E-state index contributed by atoms with van der Waals surface area (Å²) in [5.41, 5.74) is -0.550. The third-order valence-electron chi connectivity index (χ3n) is 5.13. The number of fused-ring (bicyclic) bond motifs is 1. The zero-order valence-electron chi connectivity index (χ0n) is 14.6. The molecule has 4 rings (SSSR count). The van der Waals surface area contributed by atoms with Crippen molar-refractivity contribution in [2.45, 2.75) is 19.8 Å². The molecule has 2 atom stereocenters. The van der Waals surface area contributed by atoms with E-state index in [0.717, 1.165) is 12.8 Å². The Morgan fingerprint density at radius 3 is 2.74 bits per heavy atom. The number of hydrogen-bond acceptors (Lipinski definition) is 5. The molecule has 2 aromatic rings. The van der Waals surface area contributed by atoms with Gasteiger partial charge in [0.15, 0.2) is 5.82 Å². The zero-order valence-corrected chi connectivity index (χ0v) is 15.4. The van der Waals surface area contributed by atoms with Crippen LogP contribution in [0.2, 0.25) is 0 Å². The van der Waals surface area contributed by atoms with Crippen LogP contribution < -0.4 is 13.8 Å². The standard InChI is InChI=1S/C18H19FN2O5S/c1-2-10-5-12(10)9-26-13-4-3-11-6-15(22)18(17(19)14(11)7-13)21-8-16(23)20-27(21,24)25/h3-4,6-7,10,12,22H,2,5,8-9H2,1H3,(H,20,23)/t10-,12+/m0/s1. The third kappa shape index (κ3) is 3.16. The number of halogens is 1. The second-order valence-electron chi connectivity index (χ2n) is 6.95. The molecule has 2 N–H and O–H groups in total. The van der Waals surface area contributed by atoms with Crippen molar-refractivity contribution in [1.29, 1.82) is 0 Å². The number of nitrogens with one attached hydrogen (secondary N) is 1. The highest BCUT2D eigenvalue weighted by Gasteiger charge is 2.38. The molecule has 0 aromatic heterocycles. The lowest BCUT2D eigenvalue weighted by molar-refractivity contribution is -0.117. The van der Waals surface area contributed by atoms with E-state index in [1.807, 2.05) is 0 Å². The zero-order chi connectivity index (χ0) is 19.3. The highest BCUT2D eigenvalue weighted by atomic mass is 32.2. The maximum Gasteiger partial charge on any atom is 0.326 e. The van der Waals surface area contributed by atoms with Gasteiger partial charge in [-0.1, -0.05) is 19.4 Å². The predicted octanol–water partition coefficient (Wildman–Crippen LogP) is 2.29. The lowest BCUT2D eigenvalue weighted by Gasteiger charge is -2.18. The number of phenolic OH excluding ortho intramolecular Hbond substituents is 1. The lowest BCUT2D eigenvalue weighted by Crippen LogP contribution is -2.30. The summed E-state index contributed by atoms with van der Waals surface area (Å²) in [6.07, 6.45) is 2.24. The van der Waals surface area contributed by atoms with Crippen LogP contribution in [0.5, 0.6) is 11.5 Å². The minimum atomic E-state index is -4.23. The van der Waals surface area contributed by atoms with Gasteiger partial charge in [0.25, 0.3) is 5.91 Å². The summed E-state index contributed by atoms with van der Waals surface area (Å²) in [6.45, 7) is 2.10. The van der Waals surface area contributed by atoms with E-state index in [1.165, 1.54) is 12.1 Å². The Bertz CT molecular complexity index is 1040. The summed E-state index contributed by atoms with van der Waals surface area (Å²) in [4.78, 5) is 11.4. The molecule has 2 aromatic carbocycles. The van der Waals surface area contributed by atoms with Crippen LogP contribution >= 0.6 is 0 Å². The van der Waals surface area contributed by atoms with E-state index in [4.69, 9.17) is 4.74 Å².